The summed E-state index contributed by atoms with van der Waals surface area (Å²) in [5.74, 6) is -0.655. The number of hydrogen-bond donors (Lipinski definition) is 2. The standard InChI is InChI=1S/C22H29F3N4O3/c1-26-18-10-19(28-11-13-3-2-4-14(13)12-28)17(9-20(18)29(31)32)21(30)27-16-7-5-15(6-8-16)22(23,24)25/h9-10,13-16,26H,2-8,11-12H2,1H3,(H,27,30). The highest BCUT2D eigenvalue weighted by Gasteiger charge is 2.42. The van der Waals surface area contributed by atoms with E-state index in [2.05, 4.69) is 15.5 Å². The lowest BCUT2D eigenvalue weighted by molar-refractivity contribution is -0.384. The predicted molar refractivity (Wildman–Crippen MR) is 115 cm³/mol. The third kappa shape index (κ3) is 4.49. The Hall–Kier alpha value is -2.52. The van der Waals surface area contributed by atoms with Crippen LogP contribution in [0.15, 0.2) is 12.1 Å². The number of fused-ring (bicyclic) bond motifs is 1. The van der Waals surface area contributed by atoms with Crippen molar-refractivity contribution < 1.29 is 22.9 Å². The molecule has 1 aliphatic heterocycles. The normalized spacial score (nSPS) is 27.8. The Morgan fingerprint density at radius 2 is 1.72 bits per heavy atom. The summed E-state index contributed by atoms with van der Waals surface area (Å²) in [6.07, 6.45) is -0.246. The van der Waals surface area contributed by atoms with Crippen LogP contribution in [-0.4, -0.2) is 43.2 Å². The van der Waals surface area contributed by atoms with Gasteiger partial charge in [-0.2, -0.15) is 13.2 Å². The minimum absolute atomic E-state index is 0.0182. The van der Waals surface area contributed by atoms with Crippen molar-refractivity contribution in [1.29, 1.82) is 0 Å². The molecule has 32 heavy (non-hydrogen) atoms. The van der Waals surface area contributed by atoms with Gasteiger partial charge in [0.25, 0.3) is 11.6 Å². The van der Waals surface area contributed by atoms with Crippen molar-refractivity contribution in [1.82, 2.24) is 5.32 Å². The van der Waals surface area contributed by atoms with Crippen molar-refractivity contribution in [3.63, 3.8) is 0 Å². The molecule has 2 aliphatic carbocycles. The van der Waals surface area contributed by atoms with Gasteiger partial charge in [-0.05, 0) is 56.4 Å². The van der Waals surface area contributed by atoms with Crippen molar-refractivity contribution in [3.8, 4) is 0 Å². The van der Waals surface area contributed by atoms with Crippen LogP contribution in [0, 0.1) is 27.9 Å². The van der Waals surface area contributed by atoms with Crippen molar-refractivity contribution in [2.45, 2.75) is 57.2 Å². The van der Waals surface area contributed by atoms with Crippen molar-refractivity contribution in [3.05, 3.63) is 27.8 Å². The van der Waals surface area contributed by atoms with E-state index < -0.39 is 22.9 Å². The Kier molecular flexibility index (Phi) is 6.22. The van der Waals surface area contributed by atoms with Gasteiger partial charge in [-0.15, -0.1) is 0 Å². The van der Waals surface area contributed by atoms with Gasteiger partial charge in [0.2, 0.25) is 0 Å². The second kappa shape index (κ2) is 8.78. The average molecular weight is 454 g/mol. The largest absolute Gasteiger partial charge is 0.391 e. The van der Waals surface area contributed by atoms with Gasteiger partial charge < -0.3 is 15.5 Å². The molecule has 0 radical (unpaired) electrons. The van der Waals surface area contributed by atoms with Crippen LogP contribution in [0.1, 0.15) is 55.3 Å². The molecule has 2 N–H and O–H groups in total. The van der Waals surface area contributed by atoms with Gasteiger partial charge in [0.15, 0.2) is 0 Å². The molecule has 0 bridgehead atoms. The van der Waals surface area contributed by atoms with Crippen molar-refractivity contribution >= 4 is 23.0 Å². The van der Waals surface area contributed by atoms with Gasteiger partial charge in [0, 0.05) is 32.2 Å². The molecule has 1 saturated heterocycles. The van der Waals surface area contributed by atoms with Crippen LogP contribution in [0.4, 0.5) is 30.2 Å². The predicted octanol–water partition coefficient (Wildman–Crippen LogP) is 4.72. The number of carbonyl (C=O) groups is 1. The molecule has 0 aromatic heterocycles. The number of alkyl halides is 3. The maximum absolute atomic E-state index is 13.2. The van der Waals surface area contributed by atoms with Crippen molar-refractivity contribution in [2.24, 2.45) is 17.8 Å². The number of halogens is 3. The number of nitrogens with zero attached hydrogens (tertiary/aromatic N) is 2. The molecule has 2 saturated carbocycles. The third-order valence-corrected chi connectivity index (χ3v) is 7.42. The summed E-state index contributed by atoms with van der Waals surface area (Å²) in [5, 5.41) is 17.3. The van der Waals surface area contributed by atoms with Crippen LogP contribution in [0.2, 0.25) is 0 Å². The monoisotopic (exact) mass is 454 g/mol. The average Bonchev–Trinajstić information content (AvgIpc) is 3.34. The second-order valence-corrected chi connectivity index (χ2v) is 9.31. The Morgan fingerprint density at radius 3 is 2.25 bits per heavy atom. The number of rotatable bonds is 5. The number of amides is 1. The molecule has 2 unspecified atom stereocenters. The molecule has 7 nitrogen and oxygen atoms in total. The summed E-state index contributed by atoms with van der Waals surface area (Å²) in [6, 6.07) is 2.59. The minimum atomic E-state index is -4.21. The zero-order chi connectivity index (χ0) is 23.0. The Labute approximate surface area is 184 Å². The van der Waals surface area contributed by atoms with Gasteiger partial charge in [-0.3, -0.25) is 14.9 Å². The van der Waals surface area contributed by atoms with Crippen LogP contribution in [0.3, 0.4) is 0 Å². The first-order chi connectivity index (χ1) is 15.2. The summed E-state index contributed by atoms with van der Waals surface area (Å²) >= 11 is 0. The lowest BCUT2D eigenvalue weighted by atomic mass is 9.85. The maximum Gasteiger partial charge on any atom is 0.391 e. The van der Waals surface area contributed by atoms with E-state index in [0.717, 1.165) is 25.9 Å². The highest BCUT2D eigenvalue weighted by atomic mass is 19.4. The van der Waals surface area contributed by atoms with Gasteiger partial charge in [0.05, 0.1) is 22.1 Å². The van der Waals surface area contributed by atoms with Gasteiger partial charge in [-0.1, -0.05) is 6.42 Å². The highest BCUT2D eigenvalue weighted by Crippen LogP contribution is 2.43. The summed E-state index contributed by atoms with van der Waals surface area (Å²) in [6.45, 7) is 1.62. The van der Waals surface area contributed by atoms with E-state index in [0.29, 0.717) is 23.2 Å². The molecular weight excluding hydrogens is 425 g/mol. The highest BCUT2D eigenvalue weighted by molar-refractivity contribution is 6.02. The Balaban J connectivity index is 1.56. The lowest BCUT2D eigenvalue weighted by Crippen LogP contribution is -2.40. The Bertz CT molecular complexity index is 872. The van der Waals surface area contributed by atoms with Gasteiger partial charge >= 0.3 is 6.18 Å². The molecule has 0 spiro atoms. The van der Waals surface area contributed by atoms with Crippen LogP contribution in [0.25, 0.3) is 0 Å². The number of anilines is 2. The molecule has 1 aromatic rings. The number of nitro benzene ring substituents is 1. The molecular formula is C22H29F3N4O3. The topological polar surface area (TPSA) is 87.5 Å². The van der Waals surface area contributed by atoms with E-state index in [1.165, 1.54) is 12.5 Å². The number of carbonyl (C=O) groups excluding carboxylic acids is 1. The van der Waals surface area contributed by atoms with E-state index in [1.807, 2.05) is 0 Å². The maximum atomic E-state index is 13.2. The quantitative estimate of drug-likeness (QED) is 0.496. The van der Waals surface area contributed by atoms with Crippen LogP contribution in [0.5, 0.6) is 0 Å². The first-order valence-corrected chi connectivity index (χ1v) is 11.3. The molecule has 1 heterocycles. The number of nitro groups is 1. The zero-order valence-electron chi connectivity index (χ0n) is 18.1. The summed E-state index contributed by atoms with van der Waals surface area (Å²) in [4.78, 5) is 26.4. The molecule has 176 valence electrons. The third-order valence-electron chi connectivity index (χ3n) is 7.42. The van der Waals surface area contributed by atoms with E-state index in [-0.39, 0.29) is 43.0 Å². The molecule has 1 amide bonds. The van der Waals surface area contributed by atoms with Gasteiger partial charge in [-0.25, -0.2) is 0 Å². The lowest BCUT2D eigenvalue weighted by Gasteiger charge is -2.31. The van der Waals surface area contributed by atoms with E-state index >= 15 is 0 Å². The SMILES string of the molecule is CNc1cc(N2CC3CCCC3C2)c(C(=O)NC2CCC(C(F)(F)F)CC2)cc1[N+](=O)[O-]. The van der Waals surface area contributed by atoms with Crippen LogP contribution >= 0.6 is 0 Å². The zero-order valence-corrected chi connectivity index (χ0v) is 18.1. The van der Waals surface area contributed by atoms with Crippen molar-refractivity contribution in [2.75, 3.05) is 30.4 Å². The van der Waals surface area contributed by atoms with Gasteiger partial charge in [0.1, 0.15) is 5.69 Å². The smallest absolute Gasteiger partial charge is 0.383 e. The fraction of sp³-hybridized carbons (Fsp3) is 0.682. The fourth-order valence-electron chi connectivity index (χ4n) is 5.63. The second-order valence-electron chi connectivity index (χ2n) is 9.31. The first-order valence-electron chi connectivity index (χ1n) is 11.3. The fourth-order valence-corrected chi connectivity index (χ4v) is 5.63. The molecule has 10 heteroatoms. The first kappa shape index (κ1) is 22.7. The summed E-state index contributed by atoms with van der Waals surface area (Å²) < 4.78 is 38.8. The molecule has 4 rings (SSSR count). The minimum Gasteiger partial charge on any atom is -0.383 e. The number of benzene rings is 1. The van der Waals surface area contributed by atoms with Crippen LogP contribution in [-0.2, 0) is 0 Å². The molecule has 3 aliphatic rings. The number of hydrogen-bond acceptors (Lipinski definition) is 5. The van der Waals surface area contributed by atoms with E-state index in [1.54, 1.807) is 13.1 Å². The van der Waals surface area contributed by atoms with E-state index in [9.17, 15) is 28.1 Å². The number of nitrogens with one attached hydrogen (secondary N) is 2. The van der Waals surface area contributed by atoms with E-state index in [4.69, 9.17) is 0 Å². The molecule has 1 aromatic carbocycles. The van der Waals surface area contributed by atoms with Crippen LogP contribution < -0.4 is 15.5 Å². The summed E-state index contributed by atoms with van der Waals surface area (Å²) in [5.41, 5.74) is 1.01. The molecule has 2 atom stereocenters. The Morgan fingerprint density at radius 1 is 1.09 bits per heavy atom. The molecule has 3 fully saturated rings. The summed E-state index contributed by atoms with van der Waals surface area (Å²) in [7, 11) is 1.60.